The highest BCUT2D eigenvalue weighted by Crippen LogP contribution is 2.24. The number of piperazine rings is 1. The molecule has 1 aliphatic rings. The Labute approximate surface area is 120 Å². The lowest BCUT2D eigenvalue weighted by Gasteiger charge is -2.41. The van der Waals surface area contributed by atoms with Gasteiger partial charge >= 0.3 is 5.97 Å². The quantitative estimate of drug-likeness (QED) is 0.856. The second-order valence-electron chi connectivity index (χ2n) is 5.15. The molecule has 108 valence electrons. The maximum absolute atomic E-state index is 10.7. The molecule has 1 atom stereocenters. The lowest BCUT2D eigenvalue weighted by molar-refractivity contribution is -0.131. The molecule has 0 saturated carbocycles. The smallest absolute Gasteiger partial charge is 0.328 e. The van der Waals surface area contributed by atoms with E-state index in [1.165, 1.54) is 6.08 Å². The Balaban J connectivity index is 2.19. The van der Waals surface area contributed by atoms with Crippen molar-refractivity contribution in [1.82, 2.24) is 4.90 Å². The minimum Gasteiger partial charge on any atom is -0.478 e. The van der Waals surface area contributed by atoms with Crippen LogP contribution >= 0.6 is 0 Å². The molecule has 0 aromatic heterocycles. The van der Waals surface area contributed by atoms with Gasteiger partial charge in [0, 0.05) is 37.4 Å². The molecule has 1 N–H and O–H groups in total. The Hall–Kier alpha value is -1.81. The monoisotopic (exact) mass is 274 g/mol. The molecule has 1 saturated heterocycles. The zero-order valence-corrected chi connectivity index (χ0v) is 12.1. The first-order valence-corrected chi connectivity index (χ1v) is 7.11. The van der Waals surface area contributed by atoms with Crippen LogP contribution in [0.3, 0.4) is 0 Å². The van der Waals surface area contributed by atoms with Gasteiger partial charge in [0.1, 0.15) is 0 Å². The number of rotatable bonds is 4. The van der Waals surface area contributed by atoms with E-state index in [1.807, 2.05) is 18.2 Å². The molecule has 1 aromatic rings. The molecular weight excluding hydrogens is 252 g/mol. The van der Waals surface area contributed by atoms with E-state index in [4.69, 9.17) is 5.11 Å². The first-order valence-electron chi connectivity index (χ1n) is 7.11. The fourth-order valence-electron chi connectivity index (χ4n) is 2.76. The van der Waals surface area contributed by atoms with Crippen molar-refractivity contribution < 1.29 is 9.90 Å². The van der Waals surface area contributed by atoms with E-state index in [2.05, 4.69) is 29.7 Å². The van der Waals surface area contributed by atoms with Crippen LogP contribution in [-0.4, -0.2) is 48.2 Å². The van der Waals surface area contributed by atoms with Crippen LogP contribution in [0.4, 0.5) is 5.69 Å². The first-order chi connectivity index (χ1) is 9.61. The van der Waals surface area contributed by atoms with Gasteiger partial charge in [0.25, 0.3) is 0 Å². The summed E-state index contributed by atoms with van der Waals surface area (Å²) in [7, 11) is 0. The third kappa shape index (κ3) is 3.39. The van der Waals surface area contributed by atoms with Crippen LogP contribution in [0.2, 0.25) is 0 Å². The lowest BCUT2D eigenvalue weighted by atomic mass is 10.1. The number of nitrogens with zero attached hydrogens (tertiary/aromatic N) is 2. The van der Waals surface area contributed by atoms with Crippen molar-refractivity contribution >= 4 is 17.7 Å². The van der Waals surface area contributed by atoms with Gasteiger partial charge in [-0.2, -0.15) is 0 Å². The fraction of sp³-hybridized carbons (Fsp3) is 0.438. The van der Waals surface area contributed by atoms with Gasteiger partial charge in [-0.25, -0.2) is 4.79 Å². The molecule has 20 heavy (non-hydrogen) atoms. The Kier molecular flexibility index (Phi) is 4.79. The fourth-order valence-corrected chi connectivity index (χ4v) is 2.76. The van der Waals surface area contributed by atoms with Gasteiger partial charge in [-0.15, -0.1) is 0 Å². The summed E-state index contributed by atoms with van der Waals surface area (Å²) in [6, 6.07) is 8.49. The zero-order chi connectivity index (χ0) is 14.5. The standard InChI is InChI=1S/C16H22N2O2/c1-3-17-10-11-18(12-13(17)2)15-7-5-4-6-14(15)8-9-16(19)20/h4-9,13H,3,10-12H2,1-2H3,(H,19,20). The number of aliphatic carboxylic acids is 1. The van der Waals surface area contributed by atoms with Gasteiger partial charge in [-0.1, -0.05) is 25.1 Å². The maximum Gasteiger partial charge on any atom is 0.328 e. The number of carbonyl (C=O) groups is 1. The Bertz CT molecular complexity index is 499. The first kappa shape index (κ1) is 14.6. The number of likely N-dealkylation sites (N-methyl/N-ethyl adjacent to an activating group) is 1. The second-order valence-corrected chi connectivity index (χ2v) is 5.15. The molecule has 4 heteroatoms. The summed E-state index contributed by atoms with van der Waals surface area (Å²) >= 11 is 0. The third-order valence-electron chi connectivity index (χ3n) is 3.85. The molecule has 4 nitrogen and oxygen atoms in total. The van der Waals surface area contributed by atoms with Crippen LogP contribution in [-0.2, 0) is 4.79 Å². The molecule has 1 fully saturated rings. The molecule has 0 aliphatic carbocycles. The normalized spacial score (nSPS) is 20.5. The van der Waals surface area contributed by atoms with E-state index in [1.54, 1.807) is 6.08 Å². The lowest BCUT2D eigenvalue weighted by Crippen LogP contribution is -2.51. The van der Waals surface area contributed by atoms with Crippen molar-refractivity contribution in [3.8, 4) is 0 Å². The summed E-state index contributed by atoms with van der Waals surface area (Å²) in [4.78, 5) is 15.5. The number of hydrogen-bond donors (Lipinski definition) is 1. The van der Waals surface area contributed by atoms with Crippen LogP contribution in [0.25, 0.3) is 6.08 Å². The Morgan fingerprint density at radius 3 is 2.80 bits per heavy atom. The molecule has 1 aromatic carbocycles. The Morgan fingerprint density at radius 2 is 2.15 bits per heavy atom. The minimum absolute atomic E-state index is 0.519. The van der Waals surface area contributed by atoms with E-state index in [9.17, 15) is 4.79 Å². The summed E-state index contributed by atoms with van der Waals surface area (Å²) in [6.07, 6.45) is 2.87. The minimum atomic E-state index is -0.913. The zero-order valence-electron chi connectivity index (χ0n) is 12.1. The van der Waals surface area contributed by atoms with Gasteiger partial charge in [-0.3, -0.25) is 4.90 Å². The highest BCUT2D eigenvalue weighted by Gasteiger charge is 2.23. The largest absolute Gasteiger partial charge is 0.478 e. The molecule has 0 bridgehead atoms. The molecule has 0 radical (unpaired) electrons. The van der Waals surface area contributed by atoms with Crippen molar-refractivity contribution in [3.63, 3.8) is 0 Å². The Morgan fingerprint density at radius 1 is 1.40 bits per heavy atom. The average Bonchev–Trinajstić information content (AvgIpc) is 2.45. The van der Waals surface area contributed by atoms with Gasteiger partial charge < -0.3 is 10.0 Å². The van der Waals surface area contributed by atoms with E-state index >= 15 is 0 Å². The van der Waals surface area contributed by atoms with Crippen LogP contribution < -0.4 is 4.90 Å². The van der Waals surface area contributed by atoms with Crippen molar-refractivity contribution in [2.24, 2.45) is 0 Å². The molecule has 1 unspecified atom stereocenters. The van der Waals surface area contributed by atoms with Gasteiger partial charge in [0.15, 0.2) is 0 Å². The van der Waals surface area contributed by atoms with E-state index < -0.39 is 5.97 Å². The predicted octanol–water partition coefficient (Wildman–Crippen LogP) is 2.31. The maximum atomic E-state index is 10.7. The topological polar surface area (TPSA) is 43.8 Å². The number of para-hydroxylation sites is 1. The van der Waals surface area contributed by atoms with Gasteiger partial charge in [0.2, 0.25) is 0 Å². The highest BCUT2D eigenvalue weighted by molar-refractivity contribution is 5.87. The van der Waals surface area contributed by atoms with Crippen molar-refractivity contribution in [2.75, 3.05) is 31.1 Å². The SMILES string of the molecule is CCN1CCN(c2ccccc2C=CC(=O)O)CC1C. The third-order valence-corrected chi connectivity index (χ3v) is 3.85. The van der Waals surface area contributed by atoms with Crippen LogP contribution in [0.5, 0.6) is 0 Å². The van der Waals surface area contributed by atoms with E-state index in [0.29, 0.717) is 6.04 Å². The summed E-state index contributed by atoms with van der Waals surface area (Å²) < 4.78 is 0. The number of benzene rings is 1. The van der Waals surface area contributed by atoms with E-state index in [-0.39, 0.29) is 0 Å². The van der Waals surface area contributed by atoms with Crippen LogP contribution in [0.15, 0.2) is 30.3 Å². The highest BCUT2D eigenvalue weighted by atomic mass is 16.4. The summed E-state index contributed by atoms with van der Waals surface area (Å²) in [5, 5.41) is 8.78. The number of anilines is 1. The number of carboxylic acid groups (broad SMARTS) is 1. The summed E-state index contributed by atoms with van der Waals surface area (Å²) in [5.41, 5.74) is 2.08. The second kappa shape index (κ2) is 6.57. The number of hydrogen-bond acceptors (Lipinski definition) is 3. The molecule has 1 aliphatic heterocycles. The van der Waals surface area contributed by atoms with Crippen molar-refractivity contribution in [1.29, 1.82) is 0 Å². The molecular formula is C16H22N2O2. The summed E-state index contributed by atoms with van der Waals surface area (Å²) in [6.45, 7) is 8.52. The van der Waals surface area contributed by atoms with Gasteiger partial charge in [-0.05, 0) is 31.2 Å². The summed E-state index contributed by atoms with van der Waals surface area (Å²) in [5.74, 6) is -0.913. The molecule has 2 rings (SSSR count). The van der Waals surface area contributed by atoms with E-state index in [0.717, 1.165) is 37.4 Å². The number of carboxylic acids is 1. The van der Waals surface area contributed by atoms with Crippen molar-refractivity contribution in [3.05, 3.63) is 35.9 Å². The van der Waals surface area contributed by atoms with Crippen molar-refractivity contribution in [2.45, 2.75) is 19.9 Å². The molecule has 0 amide bonds. The molecule has 1 heterocycles. The average molecular weight is 274 g/mol. The molecule has 0 spiro atoms. The predicted molar refractivity (Wildman–Crippen MR) is 82.0 cm³/mol. The van der Waals surface area contributed by atoms with Gasteiger partial charge in [0.05, 0.1) is 0 Å². The van der Waals surface area contributed by atoms with Crippen LogP contribution in [0, 0.1) is 0 Å². The van der Waals surface area contributed by atoms with Crippen LogP contribution in [0.1, 0.15) is 19.4 Å².